The minimum Gasteiger partial charge on any atom is -0.462 e. The maximum Gasteiger partial charge on any atom is 0.338 e. The maximum atomic E-state index is 11.9. The third-order valence-corrected chi connectivity index (χ3v) is 6.96. The summed E-state index contributed by atoms with van der Waals surface area (Å²) in [7, 11) is 0. The molecule has 0 aliphatic heterocycles. The van der Waals surface area contributed by atoms with E-state index in [0.29, 0.717) is 18.1 Å². The highest BCUT2D eigenvalue weighted by molar-refractivity contribution is 5.89. The van der Waals surface area contributed by atoms with Gasteiger partial charge >= 0.3 is 5.97 Å². The summed E-state index contributed by atoms with van der Waals surface area (Å²) in [6.45, 7) is 4.87. The smallest absolute Gasteiger partial charge is 0.338 e. The van der Waals surface area contributed by atoms with Crippen molar-refractivity contribution in [3.05, 3.63) is 35.4 Å². The van der Waals surface area contributed by atoms with Gasteiger partial charge in [0.1, 0.15) is 0 Å². The molecule has 1 aromatic rings. The Morgan fingerprint density at radius 2 is 1.46 bits per heavy atom. The number of hydrogen-bond acceptors (Lipinski definition) is 2. The van der Waals surface area contributed by atoms with Crippen molar-refractivity contribution in [2.24, 2.45) is 17.8 Å². The second-order valence-electron chi connectivity index (χ2n) is 8.56. The molecule has 0 heterocycles. The molecule has 3 rings (SSSR count). The average molecular weight is 357 g/mol. The highest BCUT2D eigenvalue weighted by atomic mass is 16.5. The summed E-state index contributed by atoms with van der Waals surface area (Å²) in [6, 6.07) is 8.21. The predicted octanol–water partition coefficient (Wildman–Crippen LogP) is 6.74. The molecule has 26 heavy (non-hydrogen) atoms. The first-order valence-corrected chi connectivity index (χ1v) is 11.0. The third kappa shape index (κ3) is 4.90. The van der Waals surface area contributed by atoms with E-state index in [1.165, 1.54) is 63.4 Å². The van der Waals surface area contributed by atoms with Crippen molar-refractivity contribution in [1.82, 2.24) is 0 Å². The zero-order chi connectivity index (χ0) is 18.4. The minimum atomic E-state index is -0.190. The lowest BCUT2D eigenvalue weighted by molar-refractivity contribution is 0.0505. The average Bonchev–Trinajstić information content (AvgIpc) is 2.72. The molecule has 144 valence electrons. The Balaban J connectivity index is 1.48. The Morgan fingerprint density at radius 1 is 0.885 bits per heavy atom. The molecule has 0 aromatic heterocycles. The van der Waals surface area contributed by atoms with Crippen molar-refractivity contribution in [3.63, 3.8) is 0 Å². The van der Waals surface area contributed by atoms with E-state index < -0.39 is 0 Å². The number of carbonyl (C=O) groups excluding carboxylic acids is 1. The van der Waals surface area contributed by atoms with Crippen molar-refractivity contribution in [1.29, 1.82) is 0 Å². The topological polar surface area (TPSA) is 26.3 Å². The van der Waals surface area contributed by atoms with Crippen molar-refractivity contribution >= 4 is 5.97 Å². The van der Waals surface area contributed by atoms with Gasteiger partial charge in [-0.25, -0.2) is 4.79 Å². The van der Waals surface area contributed by atoms with Gasteiger partial charge in [-0.05, 0) is 86.3 Å². The molecular weight excluding hydrogens is 320 g/mol. The van der Waals surface area contributed by atoms with Crippen LogP contribution in [0.1, 0.15) is 99.9 Å². The van der Waals surface area contributed by atoms with Crippen molar-refractivity contribution < 1.29 is 9.53 Å². The van der Waals surface area contributed by atoms with E-state index in [9.17, 15) is 4.79 Å². The summed E-state index contributed by atoms with van der Waals surface area (Å²) in [6.07, 6.45) is 13.6. The van der Waals surface area contributed by atoms with Crippen molar-refractivity contribution in [2.45, 2.75) is 84.0 Å². The lowest BCUT2D eigenvalue weighted by Crippen LogP contribution is -2.25. The fraction of sp³-hybridized carbons (Fsp3) is 0.708. The van der Waals surface area contributed by atoms with E-state index >= 15 is 0 Å². The van der Waals surface area contributed by atoms with E-state index in [2.05, 4.69) is 19.1 Å². The molecule has 0 unspecified atom stereocenters. The Kier molecular flexibility index (Phi) is 7.16. The molecule has 0 radical (unpaired) electrons. The number of hydrogen-bond donors (Lipinski definition) is 0. The van der Waals surface area contributed by atoms with Gasteiger partial charge in [0.05, 0.1) is 12.2 Å². The standard InChI is InChI=1S/C24H36O2/c1-3-17-26-24(25)23-15-13-22(14-16-23)21-11-9-20(10-12-21)19-7-5-18(4-2)6-8-19/h13-16,18-21H,3-12,17H2,1-2H3/t18-,19-,20?,21?. The van der Waals surface area contributed by atoms with E-state index in [4.69, 9.17) is 4.74 Å². The summed E-state index contributed by atoms with van der Waals surface area (Å²) in [5.74, 6) is 3.45. The molecule has 0 spiro atoms. The van der Waals surface area contributed by atoms with Gasteiger partial charge in [-0.15, -0.1) is 0 Å². The molecule has 2 heteroatoms. The van der Waals surface area contributed by atoms with Crippen molar-refractivity contribution in [2.75, 3.05) is 6.61 Å². The molecule has 2 fully saturated rings. The Hall–Kier alpha value is -1.31. The first kappa shape index (κ1) is 19.5. The monoisotopic (exact) mass is 356 g/mol. The summed E-state index contributed by atoms with van der Waals surface area (Å²) in [4.78, 5) is 11.9. The summed E-state index contributed by atoms with van der Waals surface area (Å²) >= 11 is 0. The molecule has 1 aromatic carbocycles. The van der Waals surface area contributed by atoms with Crippen LogP contribution in [-0.2, 0) is 4.74 Å². The lowest BCUT2D eigenvalue weighted by atomic mass is 9.68. The molecule has 0 saturated heterocycles. The van der Waals surface area contributed by atoms with Gasteiger partial charge in [0, 0.05) is 0 Å². The largest absolute Gasteiger partial charge is 0.462 e. The number of benzene rings is 1. The van der Waals surface area contributed by atoms with Crippen LogP contribution in [0.4, 0.5) is 0 Å². The number of esters is 1. The van der Waals surface area contributed by atoms with Crippen LogP contribution < -0.4 is 0 Å². The van der Waals surface area contributed by atoms with Crippen LogP contribution in [0.5, 0.6) is 0 Å². The fourth-order valence-electron chi connectivity index (χ4n) is 5.16. The predicted molar refractivity (Wildman–Crippen MR) is 107 cm³/mol. The first-order chi connectivity index (χ1) is 12.7. The first-order valence-electron chi connectivity index (χ1n) is 11.0. The van der Waals surface area contributed by atoms with Gasteiger partial charge in [-0.3, -0.25) is 0 Å². The van der Waals surface area contributed by atoms with Gasteiger partial charge in [0.15, 0.2) is 0 Å². The number of rotatable bonds is 6. The summed E-state index contributed by atoms with van der Waals surface area (Å²) < 4.78 is 5.22. The normalized spacial score (nSPS) is 29.3. The highest BCUT2D eigenvalue weighted by Gasteiger charge is 2.30. The number of ether oxygens (including phenoxy) is 1. The summed E-state index contributed by atoms with van der Waals surface area (Å²) in [5.41, 5.74) is 2.09. The zero-order valence-corrected chi connectivity index (χ0v) is 16.7. The van der Waals surface area contributed by atoms with Crippen LogP contribution in [0, 0.1) is 17.8 Å². The van der Waals surface area contributed by atoms with Crippen LogP contribution in [0.2, 0.25) is 0 Å². The fourth-order valence-corrected chi connectivity index (χ4v) is 5.16. The van der Waals surface area contributed by atoms with Gasteiger partial charge in [0.2, 0.25) is 0 Å². The maximum absolute atomic E-state index is 11.9. The van der Waals surface area contributed by atoms with Crippen molar-refractivity contribution in [3.8, 4) is 0 Å². The molecule has 0 atom stereocenters. The van der Waals surface area contributed by atoms with Crippen LogP contribution >= 0.6 is 0 Å². The van der Waals surface area contributed by atoms with Crippen LogP contribution in [0.15, 0.2) is 24.3 Å². The van der Waals surface area contributed by atoms with E-state index in [0.717, 1.165) is 24.2 Å². The van der Waals surface area contributed by atoms with Crippen LogP contribution in [0.25, 0.3) is 0 Å². The third-order valence-electron chi connectivity index (χ3n) is 6.96. The molecule has 0 amide bonds. The van der Waals surface area contributed by atoms with Gasteiger partial charge < -0.3 is 4.74 Å². The Bertz CT molecular complexity index is 546. The second-order valence-corrected chi connectivity index (χ2v) is 8.56. The molecule has 2 saturated carbocycles. The van der Waals surface area contributed by atoms with E-state index in [1.807, 2.05) is 19.1 Å². The molecule has 2 aliphatic carbocycles. The van der Waals surface area contributed by atoms with Gasteiger partial charge in [-0.2, -0.15) is 0 Å². The van der Waals surface area contributed by atoms with Crippen LogP contribution in [-0.4, -0.2) is 12.6 Å². The molecule has 0 bridgehead atoms. The quantitative estimate of drug-likeness (QED) is 0.527. The Labute approximate surface area is 159 Å². The lowest BCUT2D eigenvalue weighted by Gasteiger charge is -2.38. The molecule has 0 N–H and O–H groups in total. The number of carbonyl (C=O) groups is 1. The van der Waals surface area contributed by atoms with Crippen LogP contribution in [0.3, 0.4) is 0 Å². The second kappa shape index (κ2) is 9.58. The Morgan fingerprint density at radius 3 is 2.00 bits per heavy atom. The summed E-state index contributed by atoms with van der Waals surface area (Å²) in [5, 5.41) is 0. The molecular formula is C24H36O2. The minimum absolute atomic E-state index is 0.190. The van der Waals surface area contributed by atoms with Gasteiger partial charge in [0.25, 0.3) is 0 Å². The van der Waals surface area contributed by atoms with Gasteiger partial charge in [-0.1, -0.05) is 45.2 Å². The zero-order valence-electron chi connectivity index (χ0n) is 16.7. The highest BCUT2D eigenvalue weighted by Crippen LogP contribution is 2.44. The van der Waals surface area contributed by atoms with E-state index in [1.54, 1.807) is 0 Å². The molecule has 2 aliphatic rings. The molecule has 2 nitrogen and oxygen atoms in total. The SMILES string of the molecule is CCCOC(=O)c1ccc(C2CCC([C@H]3CC[C@H](CC)CC3)CC2)cc1. The van der Waals surface area contributed by atoms with E-state index in [-0.39, 0.29) is 5.97 Å².